The fourth-order valence-electron chi connectivity index (χ4n) is 3.94. The molecular weight excluding hydrogens is 437 g/mol. The average molecular weight is 462 g/mol. The standard InChI is InChI=1S/C22H24FN3O3S2/c1-25-19-13-10-16(23)14-20(19)30-22(25)24-21(27)15-8-11-18(12-9-15)31(28,29)26(2)17-6-4-3-5-7-17/h8-14,17H,3-7H2,1-2H3. The van der Waals surface area contributed by atoms with Crippen molar-refractivity contribution in [2.24, 2.45) is 12.0 Å². The largest absolute Gasteiger partial charge is 0.319 e. The van der Waals surface area contributed by atoms with Gasteiger partial charge in [0.05, 0.1) is 15.1 Å². The van der Waals surface area contributed by atoms with Gasteiger partial charge in [-0.2, -0.15) is 9.30 Å². The number of benzene rings is 2. The van der Waals surface area contributed by atoms with Gasteiger partial charge in [-0.3, -0.25) is 4.79 Å². The molecule has 1 aliphatic rings. The number of thiazole rings is 1. The van der Waals surface area contributed by atoms with E-state index in [-0.39, 0.29) is 16.8 Å². The van der Waals surface area contributed by atoms with Crippen LogP contribution in [0.3, 0.4) is 0 Å². The first-order valence-corrected chi connectivity index (χ1v) is 12.5. The van der Waals surface area contributed by atoms with Crippen molar-refractivity contribution in [1.29, 1.82) is 0 Å². The Morgan fingerprint density at radius 2 is 1.81 bits per heavy atom. The summed E-state index contributed by atoms with van der Waals surface area (Å²) in [5, 5.41) is 0. The Bertz CT molecular complexity index is 1290. The molecule has 31 heavy (non-hydrogen) atoms. The van der Waals surface area contributed by atoms with Crippen LogP contribution >= 0.6 is 11.3 Å². The van der Waals surface area contributed by atoms with Crippen molar-refractivity contribution in [1.82, 2.24) is 8.87 Å². The molecule has 3 aromatic rings. The summed E-state index contributed by atoms with van der Waals surface area (Å²) in [5.74, 6) is -0.825. The van der Waals surface area contributed by atoms with Crippen LogP contribution in [0.4, 0.5) is 4.39 Å². The van der Waals surface area contributed by atoms with Gasteiger partial charge in [-0.25, -0.2) is 12.8 Å². The number of sulfonamides is 1. The van der Waals surface area contributed by atoms with E-state index in [2.05, 4.69) is 4.99 Å². The Morgan fingerprint density at radius 3 is 2.48 bits per heavy atom. The van der Waals surface area contributed by atoms with Crippen LogP contribution in [0.25, 0.3) is 10.2 Å². The van der Waals surface area contributed by atoms with Crippen molar-refractivity contribution >= 4 is 37.5 Å². The summed E-state index contributed by atoms with van der Waals surface area (Å²) in [6.07, 6.45) is 4.99. The summed E-state index contributed by atoms with van der Waals surface area (Å²) >= 11 is 1.22. The highest BCUT2D eigenvalue weighted by Crippen LogP contribution is 2.26. The van der Waals surface area contributed by atoms with Crippen LogP contribution in [0, 0.1) is 5.82 Å². The molecule has 1 amide bonds. The molecule has 0 atom stereocenters. The molecular formula is C22H24FN3O3S2. The first-order valence-electron chi connectivity index (χ1n) is 10.2. The maximum Gasteiger partial charge on any atom is 0.279 e. The Hall–Kier alpha value is -2.36. The average Bonchev–Trinajstić information content (AvgIpc) is 3.08. The van der Waals surface area contributed by atoms with E-state index in [0.29, 0.717) is 15.1 Å². The second-order valence-electron chi connectivity index (χ2n) is 7.81. The summed E-state index contributed by atoms with van der Waals surface area (Å²) in [6.45, 7) is 0. The van der Waals surface area contributed by atoms with E-state index in [4.69, 9.17) is 0 Å². The number of halogens is 1. The molecule has 0 N–H and O–H groups in total. The van der Waals surface area contributed by atoms with Gasteiger partial charge in [0, 0.05) is 25.7 Å². The van der Waals surface area contributed by atoms with Gasteiger partial charge in [0.25, 0.3) is 5.91 Å². The normalized spacial score (nSPS) is 16.3. The molecule has 4 rings (SSSR count). The highest BCUT2D eigenvalue weighted by atomic mass is 32.2. The molecule has 1 saturated carbocycles. The third kappa shape index (κ3) is 4.35. The van der Waals surface area contributed by atoms with Crippen LogP contribution in [0.15, 0.2) is 52.4 Å². The highest BCUT2D eigenvalue weighted by Gasteiger charge is 2.29. The zero-order chi connectivity index (χ0) is 22.2. The maximum atomic E-state index is 13.5. The monoisotopic (exact) mass is 461 g/mol. The number of fused-ring (bicyclic) bond motifs is 1. The van der Waals surface area contributed by atoms with Crippen molar-refractivity contribution in [2.45, 2.75) is 43.0 Å². The molecule has 1 heterocycles. The van der Waals surface area contributed by atoms with Crippen molar-refractivity contribution in [2.75, 3.05) is 7.05 Å². The van der Waals surface area contributed by atoms with Crippen LogP contribution in [0.2, 0.25) is 0 Å². The van der Waals surface area contributed by atoms with Crippen LogP contribution in [-0.2, 0) is 17.1 Å². The smallest absolute Gasteiger partial charge is 0.279 e. The number of hydrogen-bond donors (Lipinski definition) is 0. The van der Waals surface area contributed by atoms with Gasteiger partial charge in [0.2, 0.25) is 10.0 Å². The van der Waals surface area contributed by atoms with E-state index in [9.17, 15) is 17.6 Å². The fourth-order valence-corrected chi connectivity index (χ4v) is 6.40. The number of rotatable bonds is 4. The molecule has 6 nitrogen and oxygen atoms in total. The fraction of sp³-hybridized carbons (Fsp3) is 0.364. The lowest BCUT2D eigenvalue weighted by molar-refractivity contribution is 0.0998. The molecule has 0 bridgehead atoms. The second-order valence-corrected chi connectivity index (χ2v) is 10.8. The quantitative estimate of drug-likeness (QED) is 0.588. The summed E-state index contributed by atoms with van der Waals surface area (Å²) in [6, 6.07) is 10.3. The zero-order valence-electron chi connectivity index (χ0n) is 17.4. The minimum Gasteiger partial charge on any atom is -0.319 e. The molecule has 0 spiro atoms. The van der Waals surface area contributed by atoms with Gasteiger partial charge in [-0.05, 0) is 55.3 Å². The van der Waals surface area contributed by atoms with Gasteiger partial charge in [0.1, 0.15) is 5.82 Å². The predicted octanol–water partition coefficient (Wildman–Crippen LogP) is 4.07. The molecule has 0 unspecified atom stereocenters. The third-order valence-corrected chi connectivity index (χ3v) is 8.85. The Kier molecular flexibility index (Phi) is 6.09. The lowest BCUT2D eigenvalue weighted by atomic mass is 9.96. The molecule has 0 saturated heterocycles. The highest BCUT2D eigenvalue weighted by molar-refractivity contribution is 7.89. The zero-order valence-corrected chi connectivity index (χ0v) is 19.0. The Morgan fingerprint density at radius 1 is 1.13 bits per heavy atom. The van der Waals surface area contributed by atoms with Gasteiger partial charge >= 0.3 is 0 Å². The van der Waals surface area contributed by atoms with E-state index >= 15 is 0 Å². The first kappa shape index (κ1) is 21.9. The number of aryl methyl sites for hydroxylation is 1. The van der Waals surface area contributed by atoms with Crippen molar-refractivity contribution in [3.8, 4) is 0 Å². The predicted molar refractivity (Wildman–Crippen MR) is 119 cm³/mol. The molecule has 0 aliphatic heterocycles. The van der Waals surface area contributed by atoms with Crippen LogP contribution in [0.1, 0.15) is 42.5 Å². The molecule has 1 aliphatic carbocycles. The second kappa shape index (κ2) is 8.64. The molecule has 164 valence electrons. The molecule has 0 radical (unpaired) electrons. The molecule has 2 aromatic carbocycles. The summed E-state index contributed by atoms with van der Waals surface area (Å²) in [5.41, 5.74) is 1.08. The number of nitrogens with zero attached hydrogens (tertiary/aromatic N) is 3. The van der Waals surface area contributed by atoms with Crippen LogP contribution < -0.4 is 4.80 Å². The number of carbonyl (C=O) groups is 1. The van der Waals surface area contributed by atoms with E-state index in [1.165, 1.54) is 52.0 Å². The SMILES string of the molecule is CN(C1CCCCC1)S(=O)(=O)c1ccc(C(=O)N=c2sc3cc(F)ccc3n2C)cc1. The minimum absolute atomic E-state index is 0.0212. The van der Waals surface area contributed by atoms with E-state index < -0.39 is 15.9 Å². The first-order chi connectivity index (χ1) is 14.8. The Balaban J connectivity index is 1.58. The molecule has 1 aromatic heterocycles. The van der Waals surface area contributed by atoms with Gasteiger partial charge < -0.3 is 4.57 Å². The van der Waals surface area contributed by atoms with E-state index in [1.54, 1.807) is 24.7 Å². The lowest BCUT2D eigenvalue weighted by Gasteiger charge is -2.30. The summed E-state index contributed by atoms with van der Waals surface area (Å²) in [4.78, 5) is 17.4. The summed E-state index contributed by atoms with van der Waals surface area (Å²) < 4.78 is 43.3. The van der Waals surface area contributed by atoms with Crippen LogP contribution in [0.5, 0.6) is 0 Å². The maximum absolute atomic E-state index is 13.5. The number of carbonyl (C=O) groups excluding carboxylic acids is 1. The molecule has 1 fully saturated rings. The lowest BCUT2D eigenvalue weighted by Crippen LogP contribution is -2.38. The van der Waals surface area contributed by atoms with Crippen molar-refractivity contribution in [3.63, 3.8) is 0 Å². The van der Waals surface area contributed by atoms with Crippen molar-refractivity contribution < 1.29 is 17.6 Å². The van der Waals surface area contributed by atoms with E-state index in [0.717, 1.165) is 37.6 Å². The number of amides is 1. The Labute approximate surface area is 184 Å². The number of hydrogen-bond acceptors (Lipinski definition) is 4. The number of aromatic nitrogens is 1. The third-order valence-electron chi connectivity index (χ3n) is 5.84. The molecule has 9 heteroatoms. The topological polar surface area (TPSA) is 71.7 Å². The van der Waals surface area contributed by atoms with Gasteiger partial charge in [-0.1, -0.05) is 30.6 Å². The summed E-state index contributed by atoms with van der Waals surface area (Å²) in [7, 11) is -0.222. The van der Waals surface area contributed by atoms with Crippen molar-refractivity contribution in [3.05, 3.63) is 58.6 Å². The van der Waals surface area contributed by atoms with Gasteiger partial charge in [0.15, 0.2) is 4.80 Å². The van der Waals surface area contributed by atoms with Gasteiger partial charge in [-0.15, -0.1) is 0 Å². The van der Waals surface area contributed by atoms with Crippen LogP contribution in [-0.4, -0.2) is 36.3 Å². The minimum atomic E-state index is -3.61. The van der Waals surface area contributed by atoms with E-state index in [1.807, 2.05) is 0 Å².